The Balaban J connectivity index is 1.94. The molecule has 2 atom stereocenters. The van der Waals surface area contributed by atoms with Gasteiger partial charge in [-0.15, -0.1) is 0 Å². The lowest BCUT2D eigenvalue weighted by Crippen LogP contribution is -2.70. The summed E-state index contributed by atoms with van der Waals surface area (Å²) in [6, 6.07) is 0.899. The van der Waals surface area contributed by atoms with Gasteiger partial charge in [0.2, 0.25) is 0 Å². The fourth-order valence-corrected chi connectivity index (χ4v) is 2.19. The molecule has 2 aliphatic heterocycles. The van der Waals surface area contributed by atoms with Crippen LogP contribution in [0.1, 0.15) is 26.2 Å². The lowest BCUT2D eigenvalue weighted by molar-refractivity contribution is -0.0536. The first kappa shape index (κ1) is 8.48. The van der Waals surface area contributed by atoms with E-state index in [0.29, 0.717) is 12.1 Å². The molecule has 12 heavy (non-hydrogen) atoms. The summed E-state index contributed by atoms with van der Waals surface area (Å²) in [5.74, 6) is 0. The van der Waals surface area contributed by atoms with Crippen molar-refractivity contribution in [2.75, 3.05) is 13.1 Å². The second kappa shape index (κ2) is 2.98. The highest BCUT2D eigenvalue weighted by Gasteiger charge is 2.43. The summed E-state index contributed by atoms with van der Waals surface area (Å²) < 4.78 is 0. The lowest BCUT2D eigenvalue weighted by atomic mass is 9.82. The summed E-state index contributed by atoms with van der Waals surface area (Å²) in [5.41, 5.74) is -0.450. The fraction of sp³-hybridized carbons (Fsp3) is 1.00. The van der Waals surface area contributed by atoms with Gasteiger partial charge >= 0.3 is 0 Å². The van der Waals surface area contributed by atoms with E-state index in [1.807, 2.05) is 0 Å². The summed E-state index contributed by atoms with van der Waals surface area (Å²) in [4.78, 5) is 0. The van der Waals surface area contributed by atoms with Crippen molar-refractivity contribution in [3.05, 3.63) is 0 Å². The predicted octanol–water partition coefficient (Wildman–Crippen LogP) is -0.149. The van der Waals surface area contributed by atoms with Crippen LogP contribution in [0, 0.1) is 0 Å². The number of rotatable bonds is 1. The fourth-order valence-electron chi connectivity index (χ4n) is 2.19. The van der Waals surface area contributed by atoms with E-state index in [1.165, 1.54) is 12.8 Å². The van der Waals surface area contributed by atoms with Crippen molar-refractivity contribution in [3.63, 3.8) is 0 Å². The maximum absolute atomic E-state index is 10.0. The van der Waals surface area contributed by atoms with Crippen molar-refractivity contribution < 1.29 is 5.11 Å². The van der Waals surface area contributed by atoms with E-state index < -0.39 is 5.60 Å². The minimum absolute atomic E-state index is 0.322. The van der Waals surface area contributed by atoms with Gasteiger partial charge in [-0.05, 0) is 19.8 Å². The molecule has 2 rings (SSSR count). The van der Waals surface area contributed by atoms with Gasteiger partial charge in [0, 0.05) is 25.2 Å². The molecule has 2 saturated heterocycles. The minimum Gasteiger partial charge on any atom is -0.386 e. The second-order valence-corrected chi connectivity index (χ2v) is 4.26. The van der Waals surface area contributed by atoms with Gasteiger partial charge in [0.15, 0.2) is 0 Å². The summed E-state index contributed by atoms with van der Waals surface area (Å²) in [5, 5.41) is 16.6. The maximum atomic E-state index is 10.0. The van der Waals surface area contributed by atoms with E-state index in [2.05, 4.69) is 17.6 Å². The number of piperidine rings is 1. The predicted molar refractivity (Wildman–Crippen MR) is 48.1 cm³/mol. The highest BCUT2D eigenvalue weighted by molar-refractivity contribution is 5.03. The first-order chi connectivity index (χ1) is 5.71. The van der Waals surface area contributed by atoms with Gasteiger partial charge < -0.3 is 15.7 Å². The van der Waals surface area contributed by atoms with Gasteiger partial charge in [-0.25, -0.2) is 0 Å². The summed E-state index contributed by atoms with van der Waals surface area (Å²) >= 11 is 0. The second-order valence-electron chi connectivity index (χ2n) is 4.26. The van der Waals surface area contributed by atoms with E-state index in [4.69, 9.17) is 0 Å². The van der Waals surface area contributed by atoms with E-state index in [9.17, 15) is 5.11 Å². The van der Waals surface area contributed by atoms with Gasteiger partial charge in [-0.3, -0.25) is 0 Å². The zero-order chi connectivity index (χ0) is 8.60. The van der Waals surface area contributed by atoms with Crippen LogP contribution >= 0.6 is 0 Å². The average Bonchev–Trinajstić information content (AvgIpc) is 2.00. The van der Waals surface area contributed by atoms with Crippen molar-refractivity contribution in [2.45, 2.75) is 43.9 Å². The summed E-state index contributed by atoms with van der Waals surface area (Å²) in [7, 11) is 0. The first-order valence-corrected chi connectivity index (χ1v) is 4.90. The Morgan fingerprint density at radius 3 is 2.58 bits per heavy atom. The number of hydrogen-bond acceptors (Lipinski definition) is 3. The molecule has 2 heterocycles. The summed E-state index contributed by atoms with van der Waals surface area (Å²) in [6.45, 7) is 3.72. The first-order valence-electron chi connectivity index (χ1n) is 4.90. The molecule has 0 saturated carbocycles. The molecule has 0 amide bonds. The number of aliphatic hydroxyl groups is 1. The zero-order valence-electron chi connectivity index (χ0n) is 7.64. The van der Waals surface area contributed by atoms with Crippen molar-refractivity contribution in [3.8, 4) is 0 Å². The molecule has 2 aliphatic rings. The van der Waals surface area contributed by atoms with E-state index >= 15 is 0 Å². The Kier molecular flexibility index (Phi) is 2.10. The molecule has 0 aliphatic carbocycles. The summed E-state index contributed by atoms with van der Waals surface area (Å²) in [6.07, 6.45) is 3.63. The van der Waals surface area contributed by atoms with Gasteiger partial charge in [0.25, 0.3) is 0 Å². The lowest BCUT2D eigenvalue weighted by Gasteiger charge is -2.47. The third-order valence-corrected chi connectivity index (χ3v) is 3.13. The third-order valence-electron chi connectivity index (χ3n) is 3.13. The standard InChI is InChI=1S/C9H18N2O/c1-7-3-2-4-8(11-7)9(12)5-10-6-9/h7-8,10-12H,2-6H2,1H3/t7-,8-/m1/s1. The Bertz CT molecular complexity index is 168. The van der Waals surface area contributed by atoms with Crippen LogP contribution in [-0.4, -0.2) is 35.9 Å². The quantitative estimate of drug-likeness (QED) is 0.513. The Morgan fingerprint density at radius 1 is 1.33 bits per heavy atom. The van der Waals surface area contributed by atoms with Crippen LogP contribution in [-0.2, 0) is 0 Å². The van der Waals surface area contributed by atoms with Crippen LogP contribution in [0.25, 0.3) is 0 Å². The molecule has 0 radical (unpaired) electrons. The van der Waals surface area contributed by atoms with Crippen LogP contribution < -0.4 is 10.6 Å². The molecule has 3 N–H and O–H groups in total. The van der Waals surface area contributed by atoms with Crippen LogP contribution in [0.4, 0.5) is 0 Å². The average molecular weight is 170 g/mol. The van der Waals surface area contributed by atoms with E-state index in [0.717, 1.165) is 19.5 Å². The van der Waals surface area contributed by atoms with Crippen molar-refractivity contribution >= 4 is 0 Å². The molecule has 0 aromatic carbocycles. The van der Waals surface area contributed by atoms with E-state index in [-0.39, 0.29) is 0 Å². The molecule has 2 fully saturated rings. The number of β-amino-alcohol motifs (C(OH)–C–C–N with tert-alkyl or cyclic N) is 1. The Morgan fingerprint density at radius 2 is 2.08 bits per heavy atom. The zero-order valence-corrected chi connectivity index (χ0v) is 7.64. The normalized spacial score (nSPS) is 40.5. The molecule has 0 aromatic heterocycles. The highest BCUT2D eigenvalue weighted by Crippen LogP contribution is 2.24. The van der Waals surface area contributed by atoms with Crippen LogP contribution in [0.3, 0.4) is 0 Å². The largest absolute Gasteiger partial charge is 0.386 e. The van der Waals surface area contributed by atoms with Crippen LogP contribution in [0.15, 0.2) is 0 Å². The Hall–Kier alpha value is -0.120. The number of hydrogen-bond donors (Lipinski definition) is 3. The SMILES string of the molecule is C[C@@H]1CCC[C@H](C2(O)CNC2)N1. The van der Waals surface area contributed by atoms with Crippen LogP contribution in [0.5, 0.6) is 0 Å². The smallest absolute Gasteiger partial charge is 0.105 e. The van der Waals surface area contributed by atoms with Gasteiger partial charge in [-0.1, -0.05) is 6.42 Å². The minimum atomic E-state index is -0.450. The molecule has 3 nitrogen and oxygen atoms in total. The van der Waals surface area contributed by atoms with Gasteiger partial charge in [-0.2, -0.15) is 0 Å². The molecule has 3 heteroatoms. The molecule has 0 aromatic rings. The van der Waals surface area contributed by atoms with E-state index in [1.54, 1.807) is 0 Å². The Labute approximate surface area is 73.5 Å². The molecular weight excluding hydrogens is 152 g/mol. The van der Waals surface area contributed by atoms with Crippen molar-refractivity contribution in [1.29, 1.82) is 0 Å². The molecule has 0 unspecified atom stereocenters. The maximum Gasteiger partial charge on any atom is 0.105 e. The molecular formula is C9H18N2O. The van der Waals surface area contributed by atoms with Crippen molar-refractivity contribution in [2.24, 2.45) is 0 Å². The monoisotopic (exact) mass is 170 g/mol. The molecule has 0 spiro atoms. The molecule has 0 bridgehead atoms. The van der Waals surface area contributed by atoms with Gasteiger partial charge in [0.1, 0.15) is 5.60 Å². The molecule has 70 valence electrons. The van der Waals surface area contributed by atoms with Gasteiger partial charge in [0.05, 0.1) is 0 Å². The van der Waals surface area contributed by atoms with Crippen LogP contribution in [0.2, 0.25) is 0 Å². The highest BCUT2D eigenvalue weighted by atomic mass is 16.3. The topological polar surface area (TPSA) is 44.3 Å². The third kappa shape index (κ3) is 1.37. The number of nitrogens with one attached hydrogen (secondary N) is 2. The van der Waals surface area contributed by atoms with Crippen molar-refractivity contribution in [1.82, 2.24) is 10.6 Å².